The summed E-state index contributed by atoms with van der Waals surface area (Å²) in [5, 5.41) is 11.4. The van der Waals surface area contributed by atoms with Crippen LogP contribution in [0.1, 0.15) is 16.7 Å². The second-order valence-electron chi connectivity index (χ2n) is 5.93. The summed E-state index contributed by atoms with van der Waals surface area (Å²) in [5.41, 5.74) is -1.36. The Hall–Kier alpha value is -3.89. The van der Waals surface area contributed by atoms with Gasteiger partial charge in [-0.1, -0.05) is 0 Å². The van der Waals surface area contributed by atoms with E-state index in [1.54, 1.807) is 0 Å². The third-order valence-electron chi connectivity index (χ3n) is 4.10. The van der Waals surface area contributed by atoms with E-state index in [2.05, 4.69) is 4.99 Å². The van der Waals surface area contributed by atoms with Gasteiger partial charge >= 0.3 is 12.1 Å². The van der Waals surface area contributed by atoms with Crippen LogP contribution in [0.4, 0.5) is 18.9 Å². The predicted molar refractivity (Wildman–Crippen MR) is 98.3 cm³/mol. The topological polar surface area (TPSA) is 100 Å². The van der Waals surface area contributed by atoms with E-state index in [-0.39, 0.29) is 39.9 Å². The van der Waals surface area contributed by atoms with Gasteiger partial charge in [-0.05, 0) is 36.4 Å². The SMILES string of the molecule is COc1cc(C=C2N=C(c3ccc(C(F)(F)F)cc3)OC2=O)c([N+](=O)[O-])cc1OC. The van der Waals surface area contributed by atoms with Gasteiger partial charge in [-0.15, -0.1) is 0 Å². The normalized spacial score (nSPS) is 15.0. The first kappa shape index (κ1) is 20.8. The average Bonchev–Trinajstić information content (AvgIpc) is 3.07. The molecule has 30 heavy (non-hydrogen) atoms. The van der Waals surface area contributed by atoms with Crippen LogP contribution >= 0.6 is 0 Å². The lowest BCUT2D eigenvalue weighted by Gasteiger charge is -2.08. The van der Waals surface area contributed by atoms with Crippen LogP contribution < -0.4 is 9.47 Å². The summed E-state index contributed by atoms with van der Waals surface area (Å²) in [7, 11) is 2.65. The fourth-order valence-corrected chi connectivity index (χ4v) is 2.64. The van der Waals surface area contributed by atoms with Gasteiger partial charge in [0.05, 0.1) is 36.3 Å². The minimum absolute atomic E-state index is 0.00187. The number of benzene rings is 2. The number of methoxy groups -OCH3 is 2. The maximum atomic E-state index is 12.7. The molecule has 1 aliphatic heterocycles. The van der Waals surface area contributed by atoms with E-state index >= 15 is 0 Å². The molecule has 0 radical (unpaired) electrons. The van der Waals surface area contributed by atoms with Gasteiger partial charge in [0.1, 0.15) is 0 Å². The molecular formula is C19H13F3N2O6. The number of rotatable bonds is 5. The van der Waals surface area contributed by atoms with Gasteiger partial charge in [-0.25, -0.2) is 9.79 Å². The molecule has 0 saturated heterocycles. The maximum absolute atomic E-state index is 12.7. The largest absolute Gasteiger partial charge is 0.493 e. The summed E-state index contributed by atoms with van der Waals surface area (Å²) in [5.74, 6) is -0.820. The lowest BCUT2D eigenvalue weighted by Crippen LogP contribution is -2.08. The highest BCUT2D eigenvalue weighted by atomic mass is 19.4. The van der Waals surface area contributed by atoms with E-state index in [0.29, 0.717) is 0 Å². The number of nitrogens with zero attached hydrogens (tertiary/aromatic N) is 2. The van der Waals surface area contributed by atoms with Crippen LogP contribution in [0, 0.1) is 10.1 Å². The molecule has 0 bridgehead atoms. The fraction of sp³-hybridized carbons (Fsp3) is 0.158. The molecular weight excluding hydrogens is 409 g/mol. The number of nitro groups is 1. The van der Waals surface area contributed by atoms with Crippen molar-refractivity contribution in [2.45, 2.75) is 6.18 Å². The number of nitro benzene ring substituents is 1. The molecule has 2 aromatic rings. The standard InChI is InChI=1S/C19H13F3N2O6/c1-28-15-8-11(14(24(26)27)9-16(15)29-2)7-13-18(25)30-17(23-13)10-3-5-12(6-4-10)19(20,21)22/h3-9H,1-2H3. The molecule has 1 aliphatic rings. The molecule has 8 nitrogen and oxygen atoms in total. The minimum Gasteiger partial charge on any atom is -0.493 e. The number of hydrogen-bond donors (Lipinski definition) is 0. The molecule has 0 unspecified atom stereocenters. The molecule has 0 spiro atoms. The van der Waals surface area contributed by atoms with E-state index in [9.17, 15) is 28.1 Å². The summed E-state index contributed by atoms with van der Waals surface area (Å²) < 4.78 is 53.2. The highest BCUT2D eigenvalue weighted by Gasteiger charge is 2.31. The first-order valence-electron chi connectivity index (χ1n) is 8.24. The number of carbonyl (C=O) groups is 1. The Bertz CT molecular complexity index is 1070. The van der Waals surface area contributed by atoms with E-state index < -0.39 is 22.6 Å². The van der Waals surface area contributed by atoms with Crippen molar-refractivity contribution >= 4 is 23.6 Å². The Morgan fingerprint density at radius 2 is 1.70 bits per heavy atom. The number of aliphatic imine (C=N–C) groups is 1. The zero-order valence-electron chi connectivity index (χ0n) is 15.5. The van der Waals surface area contributed by atoms with E-state index in [1.807, 2.05) is 0 Å². The predicted octanol–water partition coefficient (Wildman–Crippen LogP) is 3.98. The van der Waals surface area contributed by atoms with Crippen molar-refractivity contribution in [3.8, 4) is 11.5 Å². The number of esters is 1. The van der Waals surface area contributed by atoms with Crippen LogP contribution in [0.25, 0.3) is 6.08 Å². The lowest BCUT2D eigenvalue weighted by atomic mass is 10.1. The molecule has 0 fully saturated rings. The Balaban J connectivity index is 2.01. The molecule has 0 saturated carbocycles. The van der Waals surface area contributed by atoms with Crippen molar-refractivity contribution in [2.75, 3.05) is 14.2 Å². The molecule has 3 rings (SSSR count). The molecule has 0 N–H and O–H groups in total. The zero-order valence-corrected chi connectivity index (χ0v) is 15.5. The van der Waals surface area contributed by atoms with Crippen LogP contribution in [0.2, 0.25) is 0 Å². The Morgan fingerprint density at radius 1 is 1.10 bits per heavy atom. The number of carbonyl (C=O) groups excluding carboxylic acids is 1. The van der Waals surface area contributed by atoms with E-state index in [0.717, 1.165) is 36.4 Å². The molecule has 2 aromatic carbocycles. The van der Waals surface area contributed by atoms with Crippen molar-refractivity contribution < 1.29 is 37.1 Å². The minimum atomic E-state index is -4.51. The smallest absolute Gasteiger partial charge is 0.416 e. The second kappa shape index (κ2) is 7.85. The summed E-state index contributed by atoms with van der Waals surface area (Å²) in [6.45, 7) is 0. The zero-order chi connectivity index (χ0) is 22.1. The molecule has 0 atom stereocenters. The van der Waals surface area contributed by atoms with Gasteiger partial charge < -0.3 is 14.2 Å². The van der Waals surface area contributed by atoms with Gasteiger partial charge in [-0.3, -0.25) is 10.1 Å². The van der Waals surface area contributed by atoms with Crippen LogP contribution in [0.5, 0.6) is 11.5 Å². The van der Waals surface area contributed by atoms with Gasteiger partial charge in [-0.2, -0.15) is 13.2 Å². The van der Waals surface area contributed by atoms with Crippen LogP contribution in [0.15, 0.2) is 47.1 Å². The van der Waals surface area contributed by atoms with Crippen LogP contribution in [-0.2, 0) is 15.7 Å². The van der Waals surface area contributed by atoms with Gasteiger partial charge in [0, 0.05) is 5.56 Å². The van der Waals surface area contributed by atoms with Crippen LogP contribution in [-0.4, -0.2) is 31.0 Å². The molecule has 0 aliphatic carbocycles. The Kier molecular flexibility index (Phi) is 5.45. The van der Waals surface area contributed by atoms with Crippen LogP contribution in [0.3, 0.4) is 0 Å². The number of hydrogen-bond acceptors (Lipinski definition) is 7. The van der Waals surface area contributed by atoms with Gasteiger partial charge in [0.2, 0.25) is 5.90 Å². The molecule has 0 amide bonds. The van der Waals surface area contributed by atoms with E-state index in [1.165, 1.54) is 20.3 Å². The summed E-state index contributed by atoms with van der Waals surface area (Å²) in [6, 6.07) is 6.29. The first-order valence-corrected chi connectivity index (χ1v) is 8.24. The fourth-order valence-electron chi connectivity index (χ4n) is 2.64. The van der Waals surface area contributed by atoms with Crippen molar-refractivity contribution in [2.24, 2.45) is 4.99 Å². The van der Waals surface area contributed by atoms with Gasteiger partial charge in [0.25, 0.3) is 5.69 Å². The third kappa shape index (κ3) is 4.09. The summed E-state index contributed by atoms with van der Waals surface area (Å²) in [6.07, 6.45) is -3.39. The number of ether oxygens (including phenoxy) is 3. The molecule has 11 heteroatoms. The summed E-state index contributed by atoms with van der Waals surface area (Å²) >= 11 is 0. The highest BCUT2D eigenvalue weighted by Crippen LogP contribution is 2.36. The molecule has 0 aromatic heterocycles. The summed E-state index contributed by atoms with van der Waals surface area (Å²) in [4.78, 5) is 26.8. The monoisotopic (exact) mass is 422 g/mol. The highest BCUT2D eigenvalue weighted by molar-refractivity contribution is 6.13. The van der Waals surface area contributed by atoms with Crippen molar-refractivity contribution in [1.82, 2.24) is 0 Å². The number of halogens is 3. The average molecular weight is 422 g/mol. The quantitative estimate of drug-likeness (QED) is 0.313. The number of cyclic esters (lactones) is 1. The second-order valence-corrected chi connectivity index (χ2v) is 5.93. The lowest BCUT2D eigenvalue weighted by molar-refractivity contribution is -0.385. The van der Waals surface area contributed by atoms with Gasteiger partial charge in [0.15, 0.2) is 17.2 Å². The Morgan fingerprint density at radius 3 is 2.23 bits per heavy atom. The van der Waals surface area contributed by atoms with E-state index in [4.69, 9.17) is 14.2 Å². The number of alkyl halides is 3. The Labute approximate surface area is 167 Å². The molecule has 156 valence electrons. The maximum Gasteiger partial charge on any atom is 0.416 e. The molecule has 1 heterocycles. The third-order valence-corrected chi connectivity index (χ3v) is 4.10. The van der Waals surface area contributed by atoms with Crippen molar-refractivity contribution in [3.63, 3.8) is 0 Å². The van der Waals surface area contributed by atoms with Crippen molar-refractivity contribution in [1.29, 1.82) is 0 Å². The van der Waals surface area contributed by atoms with Crippen molar-refractivity contribution in [3.05, 3.63) is 68.9 Å². The first-order chi connectivity index (χ1) is 14.1.